The molecule has 0 aliphatic carbocycles. The number of urea groups is 1. The first-order chi connectivity index (χ1) is 17.1. The Hall–Kier alpha value is -4.59. The van der Waals surface area contributed by atoms with E-state index >= 15 is 0 Å². The van der Waals surface area contributed by atoms with E-state index in [4.69, 9.17) is 9.72 Å². The van der Waals surface area contributed by atoms with Crippen molar-refractivity contribution in [2.75, 3.05) is 19.0 Å². The van der Waals surface area contributed by atoms with Gasteiger partial charge in [0.05, 0.1) is 35.9 Å². The molecule has 2 aromatic heterocycles. The molecule has 0 fully saturated rings. The Labute approximate surface area is 203 Å². The standard InChI is InChI=1S/C27H26N6O2/c1-18-7-11-20(12-8-18)33-25(15-16-29-33)32-27(34)28-17-22(19-9-13-21(35-2)14-10-19)26-30-23-5-3-4-6-24(23)31-26/h3-16,22H,17H2,1-2H3,(H,30,31)(H2,28,32,34). The van der Waals surface area contributed by atoms with Crippen LogP contribution in [0.25, 0.3) is 16.7 Å². The lowest BCUT2D eigenvalue weighted by Gasteiger charge is -2.17. The van der Waals surface area contributed by atoms with Gasteiger partial charge < -0.3 is 15.0 Å². The Bertz CT molecular complexity index is 1400. The highest BCUT2D eigenvalue weighted by atomic mass is 16.5. The van der Waals surface area contributed by atoms with E-state index in [0.717, 1.165) is 39.4 Å². The molecule has 1 atom stereocenters. The van der Waals surface area contributed by atoms with Gasteiger partial charge in [-0.05, 0) is 48.9 Å². The quantitative estimate of drug-likeness (QED) is 0.314. The largest absolute Gasteiger partial charge is 0.497 e. The zero-order valence-corrected chi connectivity index (χ0v) is 19.5. The number of ether oxygens (including phenoxy) is 1. The predicted molar refractivity (Wildman–Crippen MR) is 136 cm³/mol. The number of nitrogens with one attached hydrogen (secondary N) is 3. The fourth-order valence-electron chi connectivity index (χ4n) is 3.99. The molecule has 3 N–H and O–H groups in total. The van der Waals surface area contributed by atoms with Crippen LogP contribution in [0.3, 0.4) is 0 Å². The summed E-state index contributed by atoms with van der Waals surface area (Å²) in [4.78, 5) is 21.0. The maximum atomic E-state index is 12.9. The van der Waals surface area contributed by atoms with Crippen LogP contribution in [0.2, 0.25) is 0 Å². The number of hydrogen-bond donors (Lipinski definition) is 3. The van der Waals surface area contributed by atoms with E-state index in [1.54, 1.807) is 24.1 Å². The summed E-state index contributed by atoms with van der Waals surface area (Å²) < 4.78 is 7.00. The van der Waals surface area contributed by atoms with Crippen molar-refractivity contribution in [3.63, 3.8) is 0 Å². The summed E-state index contributed by atoms with van der Waals surface area (Å²) in [6.45, 7) is 2.37. The number of aromatic amines is 1. The molecule has 0 radical (unpaired) electrons. The summed E-state index contributed by atoms with van der Waals surface area (Å²) in [6, 6.07) is 25.1. The molecule has 1 unspecified atom stereocenters. The lowest BCUT2D eigenvalue weighted by molar-refractivity contribution is 0.251. The van der Waals surface area contributed by atoms with E-state index in [1.807, 2.05) is 79.7 Å². The first-order valence-electron chi connectivity index (χ1n) is 11.4. The van der Waals surface area contributed by atoms with Gasteiger partial charge in [-0.1, -0.05) is 42.0 Å². The van der Waals surface area contributed by atoms with Gasteiger partial charge >= 0.3 is 6.03 Å². The molecule has 0 spiro atoms. The number of methoxy groups -OCH3 is 1. The third-order valence-corrected chi connectivity index (χ3v) is 5.89. The van der Waals surface area contributed by atoms with Gasteiger partial charge in [-0.25, -0.2) is 14.5 Å². The SMILES string of the molecule is COc1ccc(C(CNC(=O)Nc2ccnn2-c2ccc(C)cc2)c2nc3ccccc3[nH]2)cc1. The molecule has 35 heavy (non-hydrogen) atoms. The summed E-state index contributed by atoms with van der Waals surface area (Å²) in [5.74, 6) is 1.95. The van der Waals surface area contributed by atoms with Crippen LogP contribution in [0.4, 0.5) is 10.6 Å². The van der Waals surface area contributed by atoms with Crippen LogP contribution >= 0.6 is 0 Å². The highest BCUT2D eigenvalue weighted by molar-refractivity contribution is 5.88. The summed E-state index contributed by atoms with van der Waals surface area (Å²) in [5, 5.41) is 10.3. The second-order valence-electron chi connectivity index (χ2n) is 8.26. The lowest BCUT2D eigenvalue weighted by atomic mass is 9.98. The minimum absolute atomic E-state index is 0.180. The highest BCUT2D eigenvalue weighted by Gasteiger charge is 2.20. The minimum Gasteiger partial charge on any atom is -0.497 e. The molecule has 0 aliphatic rings. The summed E-state index contributed by atoms with van der Waals surface area (Å²) in [6.07, 6.45) is 1.66. The average Bonchev–Trinajstić information content (AvgIpc) is 3.52. The van der Waals surface area contributed by atoms with Crippen molar-refractivity contribution in [2.24, 2.45) is 0 Å². The third kappa shape index (κ3) is 4.86. The first kappa shape index (κ1) is 22.2. The Kier molecular flexibility index (Phi) is 6.17. The first-order valence-corrected chi connectivity index (χ1v) is 11.4. The predicted octanol–water partition coefficient (Wildman–Crippen LogP) is 5.02. The van der Waals surface area contributed by atoms with Crippen molar-refractivity contribution in [2.45, 2.75) is 12.8 Å². The van der Waals surface area contributed by atoms with Gasteiger partial charge in [-0.3, -0.25) is 5.32 Å². The van der Waals surface area contributed by atoms with Crippen molar-refractivity contribution in [1.82, 2.24) is 25.1 Å². The number of carbonyl (C=O) groups excluding carboxylic acids is 1. The van der Waals surface area contributed by atoms with E-state index in [2.05, 4.69) is 20.7 Å². The Morgan fingerprint density at radius 2 is 1.80 bits per heavy atom. The van der Waals surface area contributed by atoms with E-state index in [1.165, 1.54) is 0 Å². The number of carbonyl (C=O) groups is 1. The Morgan fingerprint density at radius 1 is 1.03 bits per heavy atom. The van der Waals surface area contributed by atoms with Gasteiger partial charge in [-0.2, -0.15) is 5.10 Å². The summed E-state index contributed by atoms with van der Waals surface area (Å²) >= 11 is 0. The number of fused-ring (bicyclic) bond motifs is 1. The molecule has 0 saturated heterocycles. The topological polar surface area (TPSA) is 96.9 Å². The smallest absolute Gasteiger partial charge is 0.320 e. The number of anilines is 1. The Morgan fingerprint density at radius 3 is 2.54 bits per heavy atom. The number of imidazole rings is 1. The molecule has 5 aromatic rings. The van der Waals surface area contributed by atoms with Crippen molar-refractivity contribution in [1.29, 1.82) is 0 Å². The van der Waals surface area contributed by atoms with E-state index in [-0.39, 0.29) is 11.9 Å². The van der Waals surface area contributed by atoms with Gasteiger partial charge in [0.25, 0.3) is 0 Å². The number of para-hydroxylation sites is 2. The number of aryl methyl sites for hydroxylation is 1. The van der Waals surface area contributed by atoms with Gasteiger partial charge in [0.2, 0.25) is 0 Å². The molecular weight excluding hydrogens is 440 g/mol. The van der Waals surface area contributed by atoms with Gasteiger partial charge in [0, 0.05) is 12.6 Å². The van der Waals surface area contributed by atoms with E-state index in [0.29, 0.717) is 12.4 Å². The van der Waals surface area contributed by atoms with Crippen LogP contribution in [-0.2, 0) is 0 Å². The molecule has 2 amide bonds. The number of amides is 2. The maximum absolute atomic E-state index is 12.9. The van der Waals surface area contributed by atoms with Crippen molar-refractivity contribution in [3.05, 3.63) is 102 Å². The molecule has 0 saturated carbocycles. The molecule has 3 aromatic carbocycles. The zero-order valence-electron chi connectivity index (χ0n) is 19.5. The third-order valence-electron chi connectivity index (χ3n) is 5.89. The highest BCUT2D eigenvalue weighted by Crippen LogP contribution is 2.26. The van der Waals surface area contributed by atoms with Crippen LogP contribution in [0.1, 0.15) is 22.9 Å². The summed E-state index contributed by atoms with van der Waals surface area (Å²) in [7, 11) is 1.64. The van der Waals surface area contributed by atoms with Crippen LogP contribution in [0.5, 0.6) is 5.75 Å². The fourth-order valence-corrected chi connectivity index (χ4v) is 3.99. The summed E-state index contributed by atoms with van der Waals surface area (Å²) in [5.41, 5.74) is 4.87. The van der Waals surface area contributed by atoms with Crippen molar-refractivity contribution >= 4 is 22.9 Å². The second kappa shape index (κ2) is 9.72. The molecule has 0 aliphatic heterocycles. The van der Waals surface area contributed by atoms with E-state index in [9.17, 15) is 4.79 Å². The van der Waals surface area contributed by atoms with Crippen LogP contribution in [0, 0.1) is 6.92 Å². The maximum Gasteiger partial charge on any atom is 0.320 e. The normalized spacial score (nSPS) is 11.8. The van der Waals surface area contributed by atoms with Crippen molar-refractivity contribution in [3.8, 4) is 11.4 Å². The number of H-pyrrole nitrogens is 1. The van der Waals surface area contributed by atoms with Gasteiger partial charge in [-0.15, -0.1) is 0 Å². The lowest BCUT2D eigenvalue weighted by Crippen LogP contribution is -2.33. The number of aromatic nitrogens is 4. The van der Waals surface area contributed by atoms with E-state index < -0.39 is 0 Å². The van der Waals surface area contributed by atoms with Gasteiger partial charge in [0.15, 0.2) is 0 Å². The van der Waals surface area contributed by atoms with Crippen LogP contribution in [-0.4, -0.2) is 39.4 Å². The number of hydrogen-bond acceptors (Lipinski definition) is 4. The molecule has 8 heteroatoms. The minimum atomic E-state index is -0.325. The molecule has 0 bridgehead atoms. The average molecular weight is 467 g/mol. The van der Waals surface area contributed by atoms with Crippen LogP contribution < -0.4 is 15.4 Å². The molecule has 8 nitrogen and oxygen atoms in total. The van der Waals surface area contributed by atoms with Gasteiger partial charge in [0.1, 0.15) is 17.4 Å². The number of rotatable bonds is 7. The molecule has 5 rings (SSSR count). The monoisotopic (exact) mass is 466 g/mol. The van der Waals surface area contributed by atoms with Crippen molar-refractivity contribution < 1.29 is 9.53 Å². The van der Waals surface area contributed by atoms with Crippen LogP contribution in [0.15, 0.2) is 85.1 Å². The number of nitrogens with zero attached hydrogens (tertiary/aromatic N) is 3. The Balaban J connectivity index is 1.35. The molecule has 176 valence electrons. The molecule has 2 heterocycles. The fraction of sp³-hybridized carbons (Fsp3) is 0.148. The number of benzene rings is 3. The second-order valence-corrected chi connectivity index (χ2v) is 8.26. The zero-order chi connectivity index (χ0) is 24.2. The molecular formula is C27H26N6O2.